The lowest BCUT2D eigenvalue weighted by molar-refractivity contribution is 1.29. The van der Waals surface area contributed by atoms with Crippen LogP contribution in [0.2, 0.25) is 0 Å². The van der Waals surface area contributed by atoms with Gasteiger partial charge < -0.3 is 5.73 Å². The molecule has 0 unspecified atom stereocenters. The summed E-state index contributed by atoms with van der Waals surface area (Å²) in [5.74, 6) is 1.03. The first-order valence-electron chi connectivity index (χ1n) is 5.89. The van der Waals surface area contributed by atoms with Gasteiger partial charge in [-0.1, -0.05) is 30.3 Å². The van der Waals surface area contributed by atoms with E-state index in [9.17, 15) is 0 Å². The van der Waals surface area contributed by atoms with E-state index in [1.54, 1.807) is 11.8 Å². The number of nitrogens with two attached hydrogens (primary N) is 1. The number of hydrogen-bond acceptors (Lipinski definition) is 2. The first kappa shape index (κ1) is 14.2. The number of rotatable bonds is 4. The second-order valence-corrected chi connectivity index (χ2v) is 6.15. The molecule has 0 amide bonds. The van der Waals surface area contributed by atoms with Crippen molar-refractivity contribution in [3.63, 3.8) is 0 Å². The van der Waals surface area contributed by atoms with Gasteiger partial charge in [0.1, 0.15) is 5.84 Å². The van der Waals surface area contributed by atoms with E-state index in [0.717, 1.165) is 20.7 Å². The Morgan fingerprint density at radius 3 is 2.63 bits per heavy atom. The zero-order valence-corrected chi connectivity index (χ0v) is 13.0. The molecular weight excluding hydrogens is 320 g/mol. The maximum Gasteiger partial charge on any atom is 0.122 e. The van der Waals surface area contributed by atoms with Gasteiger partial charge in [-0.25, -0.2) is 0 Å². The van der Waals surface area contributed by atoms with Crippen molar-refractivity contribution < 1.29 is 0 Å². The van der Waals surface area contributed by atoms with Gasteiger partial charge in [0.15, 0.2) is 0 Å². The highest BCUT2D eigenvalue weighted by Crippen LogP contribution is 2.31. The molecule has 0 heterocycles. The molecule has 2 nitrogen and oxygen atoms in total. The number of halogens is 1. The summed E-state index contributed by atoms with van der Waals surface area (Å²) in [7, 11) is 0. The van der Waals surface area contributed by atoms with Gasteiger partial charge in [0.25, 0.3) is 0 Å². The number of amidine groups is 1. The molecule has 0 aliphatic carbocycles. The molecule has 19 heavy (non-hydrogen) atoms. The Morgan fingerprint density at radius 1 is 1.26 bits per heavy atom. The van der Waals surface area contributed by atoms with Crippen molar-refractivity contribution in [3.05, 3.63) is 63.6 Å². The molecule has 0 radical (unpaired) electrons. The third-order valence-corrected chi connectivity index (χ3v) is 4.93. The van der Waals surface area contributed by atoms with E-state index in [4.69, 9.17) is 11.1 Å². The molecular formula is C15H15BrN2S. The van der Waals surface area contributed by atoms with Crippen LogP contribution in [0.4, 0.5) is 0 Å². The van der Waals surface area contributed by atoms with Crippen LogP contribution in [0.3, 0.4) is 0 Å². The van der Waals surface area contributed by atoms with E-state index in [2.05, 4.69) is 47.1 Å². The molecule has 0 aromatic heterocycles. The largest absolute Gasteiger partial charge is 0.384 e. The first-order chi connectivity index (χ1) is 9.08. The van der Waals surface area contributed by atoms with E-state index in [0.29, 0.717) is 0 Å². The number of thioether (sulfide) groups is 1. The molecule has 0 saturated heterocycles. The second-order valence-electron chi connectivity index (χ2n) is 4.27. The van der Waals surface area contributed by atoms with Crippen molar-refractivity contribution in [1.82, 2.24) is 0 Å². The highest BCUT2D eigenvalue weighted by molar-refractivity contribution is 9.10. The summed E-state index contributed by atoms with van der Waals surface area (Å²) in [6.45, 7) is 2.13. The molecule has 0 spiro atoms. The standard InChI is InChI=1S/C15H15BrN2S/c1-10-4-2-3-5-12(10)9-19-14-7-6-11(15(17)18)8-13(14)16/h2-8H,9H2,1H3,(H3,17,18). The van der Waals surface area contributed by atoms with Crippen molar-refractivity contribution in [3.8, 4) is 0 Å². The molecule has 0 fully saturated rings. The van der Waals surface area contributed by atoms with Crippen LogP contribution >= 0.6 is 27.7 Å². The number of benzene rings is 2. The Hall–Kier alpha value is -1.26. The third-order valence-electron chi connectivity index (χ3n) is 2.89. The molecule has 98 valence electrons. The second kappa shape index (κ2) is 6.26. The van der Waals surface area contributed by atoms with Gasteiger partial charge in [0, 0.05) is 20.7 Å². The zero-order valence-electron chi connectivity index (χ0n) is 10.6. The Bertz CT molecular complexity index is 611. The zero-order chi connectivity index (χ0) is 13.8. The maximum atomic E-state index is 7.42. The van der Waals surface area contributed by atoms with Crippen molar-refractivity contribution in [2.24, 2.45) is 5.73 Å². The topological polar surface area (TPSA) is 49.9 Å². The Kier molecular flexibility index (Phi) is 4.66. The summed E-state index contributed by atoms with van der Waals surface area (Å²) in [4.78, 5) is 1.16. The van der Waals surface area contributed by atoms with E-state index in [-0.39, 0.29) is 5.84 Å². The number of aryl methyl sites for hydroxylation is 1. The highest BCUT2D eigenvalue weighted by Gasteiger charge is 2.05. The molecule has 0 atom stereocenters. The maximum absolute atomic E-state index is 7.42. The predicted octanol–water partition coefficient (Wildman–Crippen LogP) is 4.33. The fourth-order valence-corrected chi connectivity index (χ4v) is 3.43. The van der Waals surface area contributed by atoms with Gasteiger partial charge >= 0.3 is 0 Å². The van der Waals surface area contributed by atoms with Gasteiger partial charge in [-0.2, -0.15) is 0 Å². The highest BCUT2D eigenvalue weighted by atomic mass is 79.9. The first-order valence-corrected chi connectivity index (χ1v) is 7.67. The normalized spacial score (nSPS) is 10.4. The van der Waals surface area contributed by atoms with Gasteiger partial charge in [0.05, 0.1) is 0 Å². The Labute approximate surface area is 126 Å². The lowest BCUT2D eigenvalue weighted by Gasteiger charge is -2.08. The van der Waals surface area contributed by atoms with E-state index < -0.39 is 0 Å². The quantitative estimate of drug-likeness (QED) is 0.496. The van der Waals surface area contributed by atoms with Gasteiger partial charge in [-0.15, -0.1) is 11.8 Å². The van der Waals surface area contributed by atoms with Crippen molar-refractivity contribution in [2.75, 3.05) is 0 Å². The Morgan fingerprint density at radius 2 is 2.00 bits per heavy atom. The SMILES string of the molecule is Cc1ccccc1CSc1ccc(C(=N)N)cc1Br. The monoisotopic (exact) mass is 334 g/mol. The summed E-state index contributed by atoms with van der Waals surface area (Å²) < 4.78 is 0.985. The van der Waals surface area contributed by atoms with E-state index in [1.807, 2.05) is 18.2 Å². The minimum absolute atomic E-state index is 0.0937. The van der Waals surface area contributed by atoms with Crippen LogP contribution < -0.4 is 5.73 Å². The summed E-state index contributed by atoms with van der Waals surface area (Å²) in [6.07, 6.45) is 0. The summed E-state index contributed by atoms with van der Waals surface area (Å²) in [5, 5.41) is 7.42. The average Bonchev–Trinajstić information content (AvgIpc) is 2.39. The molecule has 2 aromatic carbocycles. The van der Waals surface area contributed by atoms with Crippen LogP contribution in [0.15, 0.2) is 51.8 Å². The average molecular weight is 335 g/mol. The van der Waals surface area contributed by atoms with Crippen LogP contribution in [0, 0.1) is 12.3 Å². The van der Waals surface area contributed by atoms with Crippen LogP contribution in [0.5, 0.6) is 0 Å². The summed E-state index contributed by atoms with van der Waals surface area (Å²) >= 11 is 5.31. The number of hydrogen-bond donors (Lipinski definition) is 2. The molecule has 2 aromatic rings. The minimum atomic E-state index is 0.0937. The van der Waals surface area contributed by atoms with Crippen molar-refractivity contribution in [2.45, 2.75) is 17.6 Å². The van der Waals surface area contributed by atoms with Gasteiger partial charge in [-0.05, 0) is 46.1 Å². The Balaban J connectivity index is 2.12. The molecule has 4 heteroatoms. The summed E-state index contributed by atoms with van der Waals surface area (Å²) in [5.41, 5.74) is 8.87. The molecule has 2 rings (SSSR count). The van der Waals surface area contributed by atoms with E-state index in [1.165, 1.54) is 11.1 Å². The molecule has 3 N–H and O–H groups in total. The van der Waals surface area contributed by atoms with Crippen LogP contribution in [-0.2, 0) is 5.75 Å². The lowest BCUT2D eigenvalue weighted by atomic mass is 10.1. The van der Waals surface area contributed by atoms with Crippen molar-refractivity contribution >= 4 is 33.5 Å². The van der Waals surface area contributed by atoms with Crippen LogP contribution in [-0.4, -0.2) is 5.84 Å². The lowest BCUT2D eigenvalue weighted by Crippen LogP contribution is -2.10. The molecule has 0 bridgehead atoms. The fraction of sp³-hybridized carbons (Fsp3) is 0.133. The molecule has 0 saturated carbocycles. The molecule has 0 aliphatic rings. The third kappa shape index (κ3) is 3.61. The van der Waals surface area contributed by atoms with Gasteiger partial charge in [0.2, 0.25) is 0 Å². The molecule has 0 aliphatic heterocycles. The van der Waals surface area contributed by atoms with Gasteiger partial charge in [-0.3, -0.25) is 5.41 Å². The smallest absolute Gasteiger partial charge is 0.122 e. The number of nitrogens with one attached hydrogen (secondary N) is 1. The van der Waals surface area contributed by atoms with Crippen LogP contribution in [0.1, 0.15) is 16.7 Å². The minimum Gasteiger partial charge on any atom is -0.384 e. The predicted molar refractivity (Wildman–Crippen MR) is 85.9 cm³/mol. The number of nitrogen functional groups attached to an aromatic ring is 1. The fourth-order valence-electron chi connectivity index (χ4n) is 1.71. The summed E-state index contributed by atoms with van der Waals surface area (Å²) in [6, 6.07) is 14.2. The van der Waals surface area contributed by atoms with Crippen molar-refractivity contribution in [1.29, 1.82) is 5.41 Å². The van der Waals surface area contributed by atoms with Crippen LogP contribution in [0.25, 0.3) is 0 Å². The van der Waals surface area contributed by atoms with E-state index >= 15 is 0 Å².